The first-order chi connectivity index (χ1) is 14.7. The molecule has 1 atom stereocenters. The van der Waals surface area contributed by atoms with Crippen LogP contribution in [0.15, 0.2) is 42.5 Å². The van der Waals surface area contributed by atoms with Gasteiger partial charge in [0.1, 0.15) is 18.2 Å². The molecule has 8 heteroatoms. The fraction of sp³-hybridized carbons (Fsp3) is 0.522. The standard InChI is InChI=1S/C23H32N2O6/c1-23(2,3)31-22(28)25-14-12-17(13-15-25)10-11-19(20(26)29-4)24-21(27)30-16-18-8-6-5-7-9-18/h5-11,17,19H,12-16H2,1-4H3,(H,24,27)/b11-10+/t19-/m0/s1. The Hall–Kier alpha value is -3.03. The number of nitrogens with zero attached hydrogens (tertiary/aromatic N) is 1. The largest absolute Gasteiger partial charge is 0.467 e. The van der Waals surface area contributed by atoms with Gasteiger partial charge < -0.3 is 24.4 Å². The van der Waals surface area contributed by atoms with Gasteiger partial charge in [-0.3, -0.25) is 0 Å². The Morgan fingerprint density at radius 1 is 1.16 bits per heavy atom. The summed E-state index contributed by atoms with van der Waals surface area (Å²) in [6, 6.07) is 8.32. The Labute approximate surface area is 183 Å². The van der Waals surface area contributed by atoms with Crippen LogP contribution in [0.2, 0.25) is 0 Å². The van der Waals surface area contributed by atoms with Crippen molar-refractivity contribution in [3.05, 3.63) is 48.0 Å². The molecule has 31 heavy (non-hydrogen) atoms. The van der Waals surface area contributed by atoms with Gasteiger partial charge >= 0.3 is 18.2 Å². The predicted octanol–water partition coefficient (Wildman–Crippen LogP) is 3.66. The highest BCUT2D eigenvalue weighted by molar-refractivity contribution is 5.83. The van der Waals surface area contributed by atoms with Crippen LogP contribution in [0.4, 0.5) is 9.59 Å². The average molecular weight is 433 g/mol. The van der Waals surface area contributed by atoms with Crippen molar-refractivity contribution < 1.29 is 28.6 Å². The number of ether oxygens (including phenoxy) is 3. The maximum absolute atomic E-state index is 12.2. The molecule has 0 aromatic heterocycles. The van der Waals surface area contributed by atoms with Gasteiger partial charge in [-0.15, -0.1) is 0 Å². The second-order valence-corrected chi connectivity index (χ2v) is 8.40. The molecule has 170 valence electrons. The summed E-state index contributed by atoms with van der Waals surface area (Å²) in [6.07, 6.45) is 3.95. The number of esters is 1. The number of hydrogen-bond acceptors (Lipinski definition) is 6. The Balaban J connectivity index is 1.84. The summed E-state index contributed by atoms with van der Waals surface area (Å²) in [5, 5.41) is 2.52. The zero-order valence-corrected chi connectivity index (χ0v) is 18.6. The Morgan fingerprint density at radius 2 is 1.81 bits per heavy atom. The summed E-state index contributed by atoms with van der Waals surface area (Å²) in [5.74, 6) is -0.410. The van der Waals surface area contributed by atoms with Gasteiger partial charge in [0.15, 0.2) is 0 Å². The van der Waals surface area contributed by atoms with Gasteiger partial charge in [0, 0.05) is 13.1 Å². The molecule has 0 saturated carbocycles. The molecule has 0 spiro atoms. The molecule has 1 heterocycles. The quantitative estimate of drug-likeness (QED) is 0.419. The molecule has 1 fully saturated rings. The van der Waals surface area contributed by atoms with Crippen LogP contribution >= 0.6 is 0 Å². The highest BCUT2D eigenvalue weighted by Gasteiger charge is 2.26. The number of alkyl carbamates (subject to hydrolysis) is 1. The Morgan fingerprint density at radius 3 is 2.39 bits per heavy atom. The molecule has 1 saturated heterocycles. The van der Waals surface area contributed by atoms with Crippen LogP contribution in [0.25, 0.3) is 0 Å². The van der Waals surface area contributed by atoms with Crippen molar-refractivity contribution in [2.45, 2.75) is 51.9 Å². The molecule has 1 aliphatic heterocycles. The summed E-state index contributed by atoms with van der Waals surface area (Å²) < 4.78 is 15.4. The first kappa shape index (κ1) is 24.2. The molecule has 2 amide bonds. The third-order valence-electron chi connectivity index (χ3n) is 4.71. The van der Waals surface area contributed by atoms with E-state index in [2.05, 4.69) is 5.32 Å². The number of hydrogen-bond donors (Lipinski definition) is 1. The fourth-order valence-electron chi connectivity index (χ4n) is 3.07. The summed E-state index contributed by atoms with van der Waals surface area (Å²) in [5.41, 5.74) is 0.321. The van der Waals surface area contributed by atoms with Gasteiger partial charge in [-0.1, -0.05) is 42.5 Å². The van der Waals surface area contributed by atoms with Crippen molar-refractivity contribution >= 4 is 18.2 Å². The number of amides is 2. The number of benzene rings is 1. The van der Waals surface area contributed by atoms with Crippen molar-refractivity contribution in [2.24, 2.45) is 5.92 Å². The van der Waals surface area contributed by atoms with E-state index in [1.165, 1.54) is 7.11 Å². The maximum atomic E-state index is 12.2. The van der Waals surface area contributed by atoms with E-state index in [9.17, 15) is 14.4 Å². The van der Waals surface area contributed by atoms with Crippen LogP contribution in [0.3, 0.4) is 0 Å². The molecule has 1 aromatic carbocycles. The topological polar surface area (TPSA) is 94.2 Å². The second kappa shape index (κ2) is 11.4. The van der Waals surface area contributed by atoms with Gasteiger partial charge in [0.05, 0.1) is 7.11 Å². The number of piperidine rings is 1. The van der Waals surface area contributed by atoms with E-state index < -0.39 is 23.7 Å². The van der Waals surface area contributed by atoms with Crippen LogP contribution < -0.4 is 5.32 Å². The Kier molecular flexibility index (Phi) is 8.90. The molecule has 0 bridgehead atoms. The summed E-state index contributed by atoms with van der Waals surface area (Å²) in [6.45, 7) is 6.76. The van der Waals surface area contributed by atoms with E-state index in [-0.39, 0.29) is 18.6 Å². The number of carbonyl (C=O) groups excluding carboxylic acids is 3. The number of carbonyl (C=O) groups is 3. The molecule has 2 rings (SSSR count). The predicted molar refractivity (Wildman–Crippen MR) is 115 cm³/mol. The van der Waals surface area contributed by atoms with Gasteiger partial charge in [0.25, 0.3) is 0 Å². The lowest BCUT2D eigenvalue weighted by molar-refractivity contribution is -0.141. The lowest BCUT2D eigenvalue weighted by atomic mass is 9.96. The molecule has 8 nitrogen and oxygen atoms in total. The van der Waals surface area contributed by atoms with Crippen molar-refractivity contribution in [1.82, 2.24) is 10.2 Å². The van der Waals surface area contributed by atoms with E-state index >= 15 is 0 Å². The highest BCUT2D eigenvalue weighted by atomic mass is 16.6. The first-order valence-corrected chi connectivity index (χ1v) is 10.4. The summed E-state index contributed by atoms with van der Waals surface area (Å²) >= 11 is 0. The summed E-state index contributed by atoms with van der Waals surface area (Å²) in [7, 11) is 1.26. The first-order valence-electron chi connectivity index (χ1n) is 10.4. The van der Waals surface area contributed by atoms with Gasteiger partial charge in [-0.25, -0.2) is 14.4 Å². The summed E-state index contributed by atoms with van der Waals surface area (Å²) in [4.78, 5) is 38.0. The fourth-order valence-corrected chi connectivity index (χ4v) is 3.07. The van der Waals surface area contributed by atoms with Crippen molar-refractivity contribution in [3.8, 4) is 0 Å². The van der Waals surface area contributed by atoms with Crippen LogP contribution in [0, 0.1) is 5.92 Å². The molecule has 1 aromatic rings. The van der Waals surface area contributed by atoms with E-state index in [4.69, 9.17) is 14.2 Å². The molecule has 0 unspecified atom stereocenters. The van der Waals surface area contributed by atoms with Crippen molar-refractivity contribution in [2.75, 3.05) is 20.2 Å². The van der Waals surface area contributed by atoms with Crippen LogP contribution in [0.1, 0.15) is 39.2 Å². The van der Waals surface area contributed by atoms with Crippen LogP contribution in [-0.4, -0.2) is 54.9 Å². The minimum absolute atomic E-state index is 0.105. The van der Waals surface area contributed by atoms with E-state index in [1.807, 2.05) is 57.2 Å². The van der Waals surface area contributed by atoms with Crippen molar-refractivity contribution in [1.29, 1.82) is 0 Å². The minimum Gasteiger partial charge on any atom is -0.467 e. The SMILES string of the molecule is COC(=O)[C@H](/C=C/C1CCN(C(=O)OC(C)(C)C)CC1)NC(=O)OCc1ccccc1. The molecule has 0 aliphatic carbocycles. The lowest BCUT2D eigenvalue weighted by Gasteiger charge is -2.32. The minimum atomic E-state index is -0.947. The number of methoxy groups -OCH3 is 1. The zero-order chi connectivity index (χ0) is 22.9. The molecular weight excluding hydrogens is 400 g/mol. The highest BCUT2D eigenvalue weighted by Crippen LogP contribution is 2.21. The van der Waals surface area contributed by atoms with Crippen LogP contribution in [0.5, 0.6) is 0 Å². The van der Waals surface area contributed by atoms with E-state index in [1.54, 1.807) is 11.0 Å². The number of rotatable bonds is 6. The molecule has 1 N–H and O–H groups in total. The van der Waals surface area contributed by atoms with E-state index in [0.29, 0.717) is 13.1 Å². The molecule has 0 radical (unpaired) electrons. The van der Waals surface area contributed by atoms with Gasteiger partial charge in [-0.2, -0.15) is 0 Å². The third kappa shape index (κ3) is 8.70. The number of allylic oxidation sites excluding steroid dienone is 1. The van der Waals surface area contributed by atoms with Crippen molar-refractivity contribution in [3.63, 3.8) is 0 Å². The molecule has 1 aliphatic rings. The zero-order valence-electron chi connectivity index (χ0n) is 18.6. The van der Waals surface area contributed by atoms with Gasteiger partial charge in [0.2, 0.25) is 0 Å². The van der Waals surface area contributed by atoms with Crippen LogP contribution in [-0.2, 0) is 25.6 Å². The van der Waals surface area contributed by atoms with E-state index in [0.717, 1.165) is 18.4 Å². The number of nitrogens with one attached hydrogen (secondary N) is 1. The third-order valence-corrected chi connectivity index (χ3v) is 4.71. The maximum Gasteiger partial charge on any atom is 0.410 e. The average Bonchev–Trinajstić information content (AvgIpc) is 2.74. The van der Waals surface area contributed by atoms with Gasteiger partial charge in [-0.05, 0) is 45.1 Å². The number of likely N-dealkylation sites (tertiary alicyclic amines) is 1. The monoisotopic (exact) mass is 432 g/mol. The smallest absolute Gasteiger partial charge is 0.410 e. The lowest BCUT2D eigenvalue weighted by Crippen LogP contribution is -2.42. The molecular formula is C23H32N2O6. The normalized spacial score (nSPS) is 15.9. The Bertz CT molecular complexity index is 764. The second-order valence-electron chi connectivity index (χ2n) is 8.40.